The van der Waals surface area contributed by atoms with E-state index in [2.05, 4.69) is 33.3 Å². The molecule has 2 aromatic rings. The van der Waals surface area contributed by atoms with E-state index in [1.807, 2.05) is 24.4 Å². The van der Waals surface area contributed by atoms with Gasteiger partial charge in [0.2, 0.25) is 5.91 Å². The van der Waals surface area contributed by atoms with E-state index in [0.717, 1.165) is 29.6 Å². The van der Waals surface area contributed by atoms with Crippen molar-refractivity contribution in [2.24, 2.45) is 5.84 Å². The number of carbonyl (C=O) groups is 1. The highest BCUT2D eigenvalue weighted by Crippen LogP contribution is 2.34. The summed E-state index contributed by atoms with van der Waals surface area (Å²) in [7, 11) is 2.20. The molecule has 6 nitrogen and oxygen atoms in total. The van der Waals surface area contributed by atoms with Crippen LogP contribution in [0.15, 0.2) is 30.5 Å². The number of pyridine rings is 1. The van der Waals surface area contributed by atoms with E-state index in [9.17, 15) is 4.79 Å². The van der Waals surface area contributed by atoms with Crippen LogP contribution in [-0.2, 0) is 11.2 Å². The molecule has 0 unspecified atom stereocenters. The van der Waals surface area contributed by atoms with Gasteiger partial charge in [-0.15, -0.1) is 0 Å². The number of rotatable bonds is 3. The van der Waals surface area contributed by atoms with Crippen LogP contribution in [-0.4, -0.2) is 48.0 Å². The standard InChI is InChI=1S/C17H21N5O/c1-21-9-15-7-14(21)10-22(15)13-6-12-4-11(5-17(23)20-18)2-3-16(12)19-8-13/h2-4,6,8,14-15H,5,7,9-10,18H2,1H3,(H,20,23)/t14-,15-/m0/s1. The Morgan fingerprint density at radius 1 is 1.35 bits per heavy atom. The van der Waals surface area contributed by atoms with Crippen molar-refractivity contribution in [3.8, 4) is 0 Å². The van der Waals surface area contributed by atoms with Gasteiger partial charge in [0.25, 0.3) is 0 Å². The molecule has 0 spiro atoms. The molecular weight excluding hydrogens is 290 g/mol. The number of likely N-dealkylation sites (N-methyl/N-ethyl adjacent to an activating group) is 1. The fourth-order valence-electron chi connectivity index (χ4n) is 3.85. The zero-order chi connectivity index (χ0) is 16.0. The van der Waals surface area contributed by atoms with Gasteiger partial charge in [0.1, 0.15) is 0 Å². The lowest BCUT2D eigenvalue weighted by atomic mass is 10.1. The molecule has 0 saturated carbocycles. The second-order valence-electron chi connectivity index (χ2n) is 6.60. The molecule has 1 amide bonds. The Kier molecular flexibility index (Phi) is 3.43. The predicted molar refractivity (Wildman–Crippen MR) is 89.9 cm³/mol. The number of anilines is 1. The van der Waals surface area contributed by atoms with Crippen LogP contribution in [0.5, 0.6) is 0 Å². The summed E-state index contributed by atoms with van der Waals surface area (Å²) in [6.07, 6.45) is 3.50. The Hall–Kier alpha value is -2.18. The number of aromatic nitrogens is 1. The monoisotopic (exact) mass is 311 g/mol. The first-order valence-corrected chi connectivity index (χ1v) is 7.99. The zero-order valence-electron chi connectivity index (χ0n) is 13.2. The maximum Gasteiger partial charge on any atom is 0.238 e. The van der Waals surface area contributed by atoms with Crippen LogP contribution in [0.1, 0.15) is 12.0 Å². The molecule has 120 valence electrons. The van der Waals surface area contributed by atoms with E-state index in [1.54, 1.807) is 0 Å². The van der Waals surface area contributed by atoms with Gasteiger partial charge >= 0.3 is 0 Å². The van der Waals surface area contributed by atoms with Crippen molar-refractivity contribution >= 4 is 22.5 Å². The molecule has 3 N–H and O–H groups in total. The maximum atomic E-state index is 11.4. The highest BCUT2D eigenvalue weighted by molar-refractivity contribution is 5.85. The second kappa shape index (κ2) is 5.47. The normalized spacial score (nSPS) is 23.7. The quantitative estimate of drug-likeness (QED) is 0.495. The molecular formula is C17H21N5O. The largest absolute Gasteiger partial charge is 0.364 e. The second-order valence-corrected chi connectivity index (χ2v) is 6.60. The smallest absolute Gasteiger partial charge is 0.238 e. The van der Waals surface area contributed by atoms with Gasteiger partial charge in [-0.05, 0) is 37.2 Å². The number of hydrazine groups is 1. The number of fused-ring (bicyclic) bond motifs is 3. The summed E-state index contributed by atoms with van der Waals surface area (Å²) in [5, 5.41) is 1.07. The van der Waals surface area contributed by atoms with Gasteiger partial charge in [0, 0.05) is 30.6 Å². The van der Waals surface area contributed by atoms with Gasteiger partial charge in [-0.25, -0.2) is 5.84 Å². The summed E-state index contributed by atoms with van der Waals surface area (Å²) in [5.74, 6) is 4.98. The molecule has 0 radical (unpaired) electrons. The summed E-state index contributed by atoms with van der Waals surface area (Å²) in [6.45, 7) is 2.20. The van der Waals surface area contributed by atoms with Gasteiger partial charge in [-0.3, -0.25) is 20.1 Å². The van der Waals surface area contributed by atoms with Crippen LogP contribution in [0.25, 0.3) is 10.9 Å². The van der Waals surface area contributed by atoms with Crippen LogP contribution >= 0.6 is 0 Å². The Morgan fingerprint density at radius 3 is 2.91 bits per heavy atom. The molecule has 2 saturated heterocycles. The van der Waals surface area contributed by atoms with Crippen LogP contribution in [0, 0.1) is 0 Å². The number of amides is 1. The lowest BCUT2D eigenvalue weighted by molar-refractivity contribution is -0.120. The minimum absolute atomic E-state index is 0.187. The molecule has 2 bridgehead atoms. The Labute approximate surface area is 135 Å². The number of nitrogens with one attached hydrogen (secondary N) is 1. The van der Waals surface area contributed by atoms with Crippen molar-refractivity contribution in [3.63, 3.8) is 0 Å². The van der Waals surface area contributed by atoms with Crippen molar-refractivity contribution in [2.45, 2.75) is 24.9 Å². The number of nitrogens with two attached hydrogens (primary N) is 1. The molecule has 3 heterocycles. The number of piperazine rings is 1. The van der Waals surface area contributed by atoms with E-state index in [4.69, 9.17) is 5.84 Å². The third-order valence-electron chi connectivity index (χ3n) is 5.10. The number of hydrogen-bond donors (Lipinski definition) is 2. The van der Waals surface area contributed by atoms with Gasteiger partial charge in [-0.2, -0.15) is 0 Å². The van der Waals surface area contributed by atoms with Gasteiger partial charge in [0.05, 0.1) is 23.8 Å². The number of benzene rings is 1. The third kappa shape index (κ3) is 2.54. The van der Waals surface area contributed by atoms with Crippen LogP contribution in [0.4, 0.5) is 5.69 Å². The molecule has 4 rings (SSSR count). The summed E-state index contributed by atoms with van der Waals surface area (Å²) < 4.78 is 0. The van der Waals surface area contributed by atoms with E-state index >= 15 is 0 Å². The number of nitrogens with zero attached hydrogens (tertiary/aromatic N) is 3. The third-order valence-corrected chi connectivity index (χ3v) is 5.10. The SMILES string of the molecule is CN1C[C@@H]2C[C@H]1CN2c1cnc2ccc(CC(=O)NN)cc2c1. The lowest BCUT2D eigenvalue weighted by Gasteiger charge is -2.33. The van der Waals surface area contributed by atoms with Gasteiger partial charge in [0.15, 0.2) is 0 Å². The first-order chi connectivity index (χ1) is 11.1. The first kappa shape index (κ1) is 14.4. The number of carbonyl (C=O) groups excluding carboxylic acids is 1. The molecule has 0 aliphatic carbocycles. The van der Waals surface area contributed by atoms with Crippen molar-refractivity contribution in [2.75, 3.05) is 25.0 Å². The highest BCUT2D eigenvalue weighted by Gasteiger charge is 2.41. The zero-order valence-corrected chi connectivity index (χ0v) is 13.2. The molecule has 2 fully saturated rings. The van der Waals surface area contributed by atoms with Gasteiger partial charge in [-0.1, -0.05) is 6.07 Å². The average Bonchev–Trinajstić information content (AvgIpc) is 3.13. The molecule has 1 aromatic heterocycles. The lowest BCUT2D eigenvalue weighted by Crippen LogP contribution is -2.44. The van der Waals surface area contributed by atoms with Crippen molar-refractivity contribution in [1.29, 1.82) is 0 Å². The summed E-state index contributed by atoms with van der Waals surface area (Å²) in [4.78, 5) is 20.9. The van der Waals surface area contributed by atoms with Crippen molar-refractivity contribution < 1.29 is 4.79 Å². The fourth-order valence-corrected chi connectivity index (χ4v) is 3.85. The Morgan fingerprint density at radius 2 is 2.22 bits per heavy atom. The minimum atomic E-state index is -0.187. The topological polar surface area (TPSA) is 74.5 Å². The summed E-state index contributed by atoms with van der Waals surface area (Å²) in [6, 6.07) is 9.36. The molecule has 2 atom stereocenters. The summed E-state index contributed by atoms with van der Waals surface area (Å²) in [5.41, 5.74) is 5.25. The number of hydrogen-bond acceptors (Lipinski definition) is 5. The molecule has 6 heteroatoms. The fraction of sp³-hybridized carbons (Fsp3) is 0.412. The van der Waals surface area contributed by atoms with Crippen LogP contribution in [0.3, 0.4) is 0 Å². The van der Waals surface area contributed by atoms with Gasteiger partial charge < -0.3 is 4.90 Å². The Bertz CT molecular complexity index is 760. The molecule has 23 heavy (non-hydrogen) atoms. The predicted octanol–water partition coefficient (Wildman–Crippen LogP) is 0.660. The average molecular weight is 311 g/mol. The minimum Gasteiger partial charge on any atom is -0.364 e. The molecule has 2 aliphatic rings. The van der Waals surface area contributed by atoms with E-state index in [1.165, 1.54) is 12.1 Å². The Balaban J connectivity index is 1.63. The number of likely N-dealkylation sites (tertiary alicyclic amines) is 1. The van der Waals surface area contributed by atoms with Crippen molar-refractivity contribution in [1.82, 2.24) is 15.3 Å². The molecule has 1 aromatic carbocycles. The van der Waals surface area contributed by atoms with E-state index in [0.29, 0.717) is 12.1 Å². The highest BCUT2D eigenvalue weighted by atomic mass is 16.2. The molecule has 2 aliphatic heterocycles. The van der Waals surface area contributed by atoms with E-state index in [-0.39, 0.29) is 12.3 Å². The maximum absolute atomic E-state index is 11.4. The summed E-state index contributed by atoms with van der Waals surface area (Å²) >= 11 is 0. The van der Waals surface area contributed by atoms with Crippen LogP contribution in [0.2, 0.25) is 0 Å². The first-order valence-electron chi connectivity index (χ1n) is 7.99. The van der Waals surface area contributed by atoms with Crippen LogP contribution < -0.4 is 16.2 Å². The van der Waals surface area contributed by atoms with Crippen molar-refractivity contribution in [3.05, 3.63) is 36.0 Å². The van der Waals surface area contributed by atoms with E-state index < -0.39 is 0 Å².